The molecule has 2 N–H and O–H groups in total. The summed E-state index contributed by atoms with van der Waals surface area (Å²) in [7, 11) is -3.45. The molecular weight excluding hydrogens is 316 g/mol. The number of ether oxygens (including phenoxy) is 2. The van der Waals surface area contributed by atoms with Gasteiger partial charge in [-0.3, -0.25) is 0 Å². The first-order valence-corrected chi connectivity index (χ1v) is 9.61. The van der Waals surface area contributed by atoms with Crippen LogP contribution < -0.4 is 14.8 Å². The molecule has 1 heterocycles. The maximum Gasteiger partial charge on any atom is 0.240 e. The van der Waals surface area contributed by atoms with Crippen molar-refractivity contribution in [2.75, 3.05) is 39.5 Å². The van der Waals surface area contributed by atoms with Crippen LogP contribution in [0.3, 0.4) is 0 Å². The lowest BCUT2D eigenvalue weighted by molar-refractivity contribution is 0.110. The van der Waals surface area contributed by atoms with E-state index in [1.165, 1.54) is 0 Å². The Balaban J connectivity index is 1.79. The van der Waals surface area contributed by atoms with E-state index in [4.69, 9.17) is 9.47 Å². The highest BCUT2D eigenvalue weighted by atomic mass is 32.2. The van der Waals surface area contributed by atoms with Crippen molar-refractivity contribution in [2.45, 2.75) is 24.7 Å². The van der Waals surface area contributed by atoms with Crippen LogP contribution in [0.1, 0.15) is 19.8 Å². The third kappa shape index (κ3) is 6.10. The zero-order chi connectivity index (χ0) is 16.5. The summed E-state index contributed by atoms with van der Waals surface area (Å²) >= 11 is 0. The zero-order valence-electron chi connectivity index (χ0n) is 13.6. The third-order valence-electron chi connectivity index (χ3n) is 3.84. The van der Waals surface area contributed by atoms with Crippen LogP contribution in [-0.2, 0) is 14.8 Å². The fraction of sp³-hybridized carbons (Fsp3) is 0.625. The Morgan fingerprint density at radius 1 is 1.26 bits per heavy atom. The molecule has 0 radical (unpaired) electrons. The van der Waals surface area contributed by atoms with Gasteiger partial charge in [-0.05, 0) is 63.0 Å². The molecule has 0 aromatic heterocycles. The molecule has 1 fully saturated rings. The van der Waals surface area contributed by atoms with Crippen LogP contribution in [0.4, 0.5) is 0 Å². The fourth-order valence-corrected chi connectivity index (χ4v) is 3.57. The van der Waals surface area contributed by atoms with Gasteiger partial charge in [0.05, 0.1) is 11.5 Å². The van der Waals surface area contributed by atoms with E-state index in [1.807, 2.05) is 6.92 Å². The van der Waals surface area contributed by atoms with Crippen LogP contribution in [0.2, 0.25) is 0 Å². The Morgan fingerprint density at radius 3 is 2.70 bits per heavy atom. The van der Waals surface area contributed by atoms with Crippen molar-refractivity contribution in [1.82, 2.24) is 10.0 Å². The maximum atomic E-state index is 12.2. The van der Waals surface area contributed by atoms with Gasteiger partial charge >= 0.3 is 0 Å². The first-order chi connectivity index (χ1) is 11.1. The van der Waals surface area contributed by atoms with Crippen molar-refractivity contribution < 1.29 is 17.9 Å². The van der Waals surface area contributed by atoms with Gasteiger partial charge in [-0.15, -0.1) is 0 Å². The third-order valence-corrected chi connectivity index (χ3v) is 5.32. The van der Waals surface area contributed by atoms with Crippen LogP contribution in [-0.4, -0.2) is 47.9 Å². The highest BCUT2D eigenvalue weighted by Gasteiger charge is 2.17. The highest BCUT2D eigenvalue weighted by molar-refractivity contribution is 7.89. The van der Waals surface area contributed by atoms with Crippen LogP contribution in [0.5, 0.6) is 5.75 Å². The minimum atomic E-state index is -3.45. The van der Waals surface area contributed by atoms with Gasteiger partial charge in [0.1, 0.15) is 12.4 Å². The molecule has 1 atom stereocenters. The Hall–Kier alpha value is -1.15. The average Bonchev–Trinajstić information content (AvgIpc) is 3.05. The molecule has 0 spiro atoms. The predicted octanol–water partition coefficient (Wildman–Crippen LogP) is 1.38. The van der Waals surface area contributed by atoms with Gasteiger partial charge in [0.15, 0.2) is 0 Å². The Labute approximate surface area is 138 Å². The molecular formula is C16H26N2O4S. The summed E-state index contributed by atoms with van der Waals surface area (Å²) < 4.78 is 37.8. The molecule has 7 heteroatoms. The second-order valence-electron chi connectivity index (χ2n) is 5.56. The quantitative estimate of drug-likeness (QED) is 0.628. The van der Waals surface area contributed by atoms with Gasteiger partial charge in [0.2, 0.25) is 10.0 Å². The summed E-state index contributed by atoms with van der Waals surface area (Å²) in [4.78, 5) is 0.263. The summed E-state index contributed by atoms with van der Waals surface area (Å²) in [6.45, 7) is 6.04. The standard InChI is InChI=1S/C16H26N2O4S/c1-2-21-11-12-22-15-3-5-16(6-4-15)23(19,20)18-10-8-14-7-9-17-13-14/h3-6,14,17-18H,2,7-13H2,1H3. The molecule has 1 aliphatic heterocycles. The molecule has 6 nitrogen and oxygen atoms in total. The first-order valence-electron chi connectivity index (χ1n) is 8.13. The van der Waals surface area contributed by atoms with Crippen molar-refractivity contribution in [2.24, 2.45) is 5.92 Å². The minimum Gasteiger partial charge on any atom is -0.491 e. The Kier molecular flexibility index (Phi) is 7.29. The van der Waals surface area contributed by atoms with Crippen molar-refractivity contribution in [1.29, 1.82) is 0 Å². The van der Waals surface area contributed by atoms with Gasteiger partial charge in [0, 0.05) is 13.2 Å². The lowest BCUT2D eigenvalue weighted by Gasteiger charge is -2.11. The normalized spacial score (nSPS) is 18.2. The summed E-state index contributed by atoms with van der Waals surface area (Å²) in [5.41, 5.74) is 0. The summed E-state index contributed by atoms with van der Waals surface area (Å²) in [6.07, 6.45) is 1.99. The van der Waals surface area contributed by atoms with Crippen molar-refractivity contribution in [3.63, 3.8) is 0 Å². The molecule has 0 bridgehead atoms. The van der Waals surface area contributed by atoms with E-state index in [0.717, 1.165) is 25.9 Å². The molecule has 0 aliphatic carbocycles. The molecule has 1 aliphatic rings. The molecule has 1 unspecified atom stereocenters. The van der Waals surface area contributed by atoms with Crippen LogP contribution in [0.25, 0.3) is 0 Å². The van der Waals surface area contributed by atoms with Gasteiger partial charge < -0.3 is 14.8 Å². The van der Waals surface area contributed by atoms with E-state index in [2.05, 4.69) is 10.0 Å². The van der Waals surface area contributed by atoms with Crippen molar-refractivity contribution >= 4 is 10.0 Å². The van der Waals surface area contributed by atoms with Crippen molar-refractivity contribution in [3.05, 3.63) is 24.3 Å². The summed E-state index contributed by atoms with van der Waals surface area (Å²) in [5, 5.41) is 3.28. The number of benzene rings is 1. The number of hydrogen-bond acceptors (Lipinski definition) is 5. The first kappa shape index (κ1) is 18.2. The van der Waals surface area contributed by atoms with Gasteiger partial charge in [-0.2, -0.15) is 0 Å². The highest BCUT2D eigenvalue weighted by Crippen LogP contribution is 2.16. The van der Waals surface area contributed by atoms with Crippen LogP contribution in [0.15, 0.2) is 29.2 Å². The maximum absolute atomic E-state index is 12.2. The molecule has 2 rings (SSSR count). The second kappa shape index (κ2) is 9.22. The molecule has 1 saturated heterocycles. The lowest BCUT2D eigenvalue weighted by Crippen LogP contribution is -2.26. The van der Waals surface area contributed by atoms with E-state index >= 15 is 0 Å². The van der Waals surface area contributed by atoms with Gasteiger partial charge in [-0.1, -0.05) is 0 Å². The molecule has 0 amide bonds. The summed E-state index contributed by atoms with van der Waals surface area (Å²) in [5.74, 6) is 1.21. The summed E-state index contributed by atoms with van der Waals surface area (Å²) in [6, 6.07) is 6.47. The minimum absolute atomic E-state index is 0.263. The molecule has 130 valence electrons. The Morgan fingerprint density at radius 2 is 2.04 bits per heavy atom. The smallest absolute Gasteiger partial charge is 0.240 e. The van der Waals surface area contributed by atoms with E-state index < -0.39 is 10.0 Å². The molecule has 1 aromatic rings. The van der Waals surface area contributed by atoms with E-state index in [-0.39, 0.29) is 4.90 Å². The predicted molar refractivity (Wildman–Crippen MR) is 89.2 cm³/mol. The molecule has 23 heavy (non-hydrogen) atoms. The monoisotopic (exact) mass is 342 g/mol. The fourth-order valence-electron chi connectivity index (χ4n) is 2.52. The second-order valence-corrected chi connectivity index (χ2v) is 7.33. The Bertz CT molecular complexity index is 554. The van der Waals surface area contributed by atoms with E-state index in [0.29, 0.717) is 38.0 Å². The number of rotatable bonds is 10. The van der Waals surface area contributed by atoms with E-state index in [9.17, 15) is 8.42 Å². The molecule has 1 aromatic carbocycles. The van der Waals surface area contributed by atoms with Gasteiger partial charge in [-0.25, -0.2) is 13.1 Å². The number of nitrogens with one attached hydrogen (secondary N) is 2. The van der Waals surface area contributed by atoms with Crippen molar-refractivity contribution in [3.8, 4) is 5.75 Å². The SMILES string of the molecule is CCOCCOc1ccc(S(=O)(=O)NCCC2CCNC2)cc1. The largest absolute Gasteiger partial charge is 0.491 e. The number of hydrogen-bond donors (Lipinski definition) is 2. The van der Waals surface area contributed by atoms with Gasteiger partial charge in [0.25, 0.3) is 0 Å². The average molecular weight is 342 g/mol. The molecule has 0 saturated carbocycles. The zero-order valence-corrected chi connectivity index (χ0v) is 14.4. The topological polar surface area (TPSA) is 76.7 Å². The number of sulfonamides is 1. The van der Waals surface area contributed by atoms with E-state index in [1.54, 1.807) is 24.3 Å². The van der Waals surface area contributed by atoms with Crippen LogP contribution in [0, 0.1) is 5.92 Å². The van der Waals surface area contributed by atoms with Crippen LogP contribution >= 0.6 is 0 Å². The lowest BCUT2D eigenvalue weighted by atomic mass is 10.1.